The van der Waals surface area contributed by atoms with Gasteiger partial charge in [-0.25, -0.2) is 9.59 Å². The zero-order valence-electron chi connectivity index (χ0n) is 27.8. The molecule has 1 aromatic carbocycles. The van der Waals surface area contributed by atoms with Crippen LogP contribution in [0.4, 0.5) is 0 Å². The van der Waals surface area contributed by atoms with Crippen molar-refractivity contribution in [3.05, 3.63) is 39.7 Å². The first-order chi connectivity index (χ1) is 21.7. The maximum atomic E-state index is 14.5. The molecule has 2 aromatic rings. The van der Waals surface area contributed by atoms with Gasteiger partial charge in [-0.2, -0.15) is 0 Å². The summed E-state index contributed by atoms with van der Waals surface area (Å²) in [4.78, 5) is 68.2. The van der Waals surface area contributed by atoms with Gasteiger partial charge in [0.25, 0.3) is 0 Å². The van der Waals surface area contributed by atoms with Crippen LogP contribution in [0.25, 0.3) is 11.0 Å². The Morgan fingerprint density at radius 2 is 1.32 bits per heavy atom. The quantitative estimate of drug-likeness (QED) is 0.217. The number of halogens is 1. The Bertz CT molecular complexity index is 1860. The molecule has 47 heavy (non-hydrogen) atoms. The Balaban J connectivity index is 1.38. The minimum absolute atomic E-state index is 0.106. The van der Waals surface area contributed by atoms with Gasteiger partial charge in [0.1, 0.15) is 22.7 Å². The summed E-state index contributed by atoms with van der Waals surface area (Å²) in [5.74, 6) is -1.96. The summed E-state index contributed by atoms with van der Waals surface area (Å²) in [5, 5.41) is 0.433. The van der Waals surface area contributed by atoms with Gasteiger partial charge in [0.15, 0.2) is 17.6 Å². The fourth-order valence-corrected chi connectivity index (χ4v) is 8.98. The fraction of sp³-hybridized carbons (Fsp3) is 0.629. The van der Waals surface area contributed by atoms with Gasteiger partial charge in [0.05, 0.1) is 27.1 Å². The van der Waals surface area contributed by atoms with Crippen LogP contribution in [-0.4, -0.2) is 46.8 Å². The first kappa shape index (κ1) is 32.2. The zero-order valence-corrected chi connectivity index (χ0v) is 29.4. The summed E-state index contributed by atoms with van der Waals surface area (Å²) in [6.07, 6.45) is -1.31. The Kier molecular flexibility index (Phi) is 6.42. The van der Waals surface area contributed by atoms with E-state index in [2.05, 4.69) is 15.9 Å². The average Bonchev–Trinajstić information content (AvgIpc) is 3.46. The lowest BCUT2D eigenvalue weighted by Gasteiger charge is -2.45. The zero-order chi connectivity index (χ0) is 34.3. The van der Waals surface area contributed by atoms with E-state index >= 15 is 0 Å². The molecule has 11 nitrogen and oxygen atoms in total. The van der Waals surface area contributed by atoms with Crippen LogP contribution in [-0.2, 0) is 43.5 Å². The third kappa shape index (κ3) is 3.65. The summed E-state index contributed by atoms with van der Waals surface area (Å²) in [5.41, 5.74) is -8.12. The Morgan fingerprint density at radius 1 is 0.787 bits per heavy atom. The van der Waals surface area contributed by atoms with Gasteiger partial charge in [-0.1, -0.05) is 43.6 Å². The van der Waals surface area contributed by atoms with Gasteiger partial charge in [0.2, 0.25) is 11.2 Å². The van der Waals surface area contributed by atoms with E-state index in [0.717, 1.165) is 0 Å². The molecule has 7 rings (SSSR count). The van der Waals surface area contributed by atoms with Crippen molar-refractivity contribution in [2.45, 2.75) is 115 Å². The highest BCUT2D eigenvalue weighted by atomic mass is 79.9. The molecule has 2 saturated heterocycles. The van der Waals surface area contributed by atoms with E-state index < -0.39 is 74.5 Å². The predicted molar refractivity (Wildman–Crippen MR) is 168 cm³/mol. The summed E-state index contributed by atoms with van der Waals surface area (Å²) in [6.45, 7) is 14.2. The first-order valence-electron chi connectivity index (χ1n) is 16.0. The van der Waals surface area contributed by atoms with Gasteiger partial charge in [-0.15, -0.1) is 0 Å². The van der Waals surface area contributed by atoms with Crippen LogP contribution in [0.15, 0.2) is 27.4 Å². The van der Waals surface area contributed by atoms with Crippen LogP contribution in [0.3, 0.4) is 0 Å². The highest BCUT2D eigenvalue weighted by molar-refractivity contribution is 9.08. The lowest BCUT2D eigenvalue weighted by molar-refractivity contribution is -0.217. The molecule has 4 heterocycles. The fourth-order valence-electron chi connectivity index (χ4n) is 8.70. The predicted octanol–water partition coefficient (Wildman–Crippen LogP) is 5.60. The van der Waals surface area contributed by atoms with Crippen LogP contribution in [0.2, 0.25) is 0 Å². The Morgan fingerprint density at radius 3 is 1.79 bits per heavy atom. The molecule has 4 bridgehead atoms. The van der Waals surface area contributed by atoms with Crippen molar-refractivity contribution in [2.24, 2.45) is 21.7 Å². The molecule has 12 heteroatoms. The molecule has 0 spiro atoms. The smallest absolute Gasteiger partial charge is 0.351 e. The minimum Gasteiger partial charge on any atom is -0.483 e. The molecule has 2 aliphatic carbocycles. The lowest BCUT2D eigenvalue weighted by atomic mass is 9.66. The second-order valence-electron chi connectivity index (χ2n) is 15.8. The van der Waals surface area contributed by atoms with Crippen molar-refractivity contribution >= 4 is 50.8 Å². The highest BCUT2D eigenvalue weighted by Crippen LogP contribution is 2.67. The number of hydrogen-bond donors (Lipinski definition) is 0. The molecule has 1 aromatic heterocycles. The van der Waals surface area contributed by atoms with Gasteiger partial charge >= 0.3 is 23.9 Å². The number of carbonyl (C=O) groups excluding carboxylic acids is 4. The topological polar surface area (TPSA) is 145 Å². The molecular formula is C35H39BrO11. The van der Waals surface area contributed by atoms with Crippen LogP contribution in [0.1, 0.15) is 98.5 Å². The third-order valence-electron chi connectivity index (χ3n) is 13.0. The van der Waals surface area contributed by atoms with Gasteiger partial charge in [-0.3, -0.25) is 14.4 Å². The van der Waals surface area contributed by atoms with E-state index in [1.54, 1.807) is 39.8 Å². The molecule has 5 aliphatic rings. The number of hydrogen-bond acceptors (Lipinski definition) is 11. The molecule has 0 radical (unpaired) electrons. The van der Waals surface area contributed by atoms with Crippen molar-refractivity contribution in [1.82, 2.24) is 0 Å². The first-order valence-corrected chi connectivity index (χ1v) is 17.1. The SMILES string of the molecule is CC1(C)Oc2ccc3c(=O)cc(CBr)oc3c2[C@@H](OC(=O)[C@@]23CC[C@@](C)(C(=O)O2)C3(C)C)[C@H]1OC(=O)[C@@]12CC[C@@](C)(C(=O)O1)C2(C)C. The van der Waals surface area contributed by atoms with Gasteiger partial charge in [0, 0.05) is 16.9 Å². The van der Waals surface area contributed by atoms with E-state index in [9.17, 15) is 24.0 Å². The van der Waals surface area contributed by atoms with Crippen LogP contribution >= 0.6 is 15.9 Å². The molecule has 0 unspecified atom stereocenters. The molecule has 252 valence electrons. The summed E-state index contributed by atoms with van der Waals surface area (Å²) < 4.78 is 37.0. The van der Waals surface area contributed by atoms with E-state index in [1.165, 1.54) is 6.07 Å². The van der Waals surface area contributed by atoms with Crippen molar-refractivity contribution in [2.75, 3.05) is 0 Å². The molecule has 0 N–H and O–H groups in total. The second-order valence-corrected chi connectivity index (χ2v) is 16.3. The average molecular weight is 716 g/mol. The molecule has 6 atom stereocenters. The molecule has 4 fully saturated rings. The minimum atomic E-state index is -1.60. The van der Waals surface area contributed by atoms with Crippen molar-refractivity contribution < 1.29 is 47.3 Å². The number of fused-ring (bicyclic) bond motifs is 7. The van der Waals surface area contributed by atoms with E-state index in [1.807, 2.05) is 27.7 Å². The normalized spacial score (nSPS) is 36.8. The number of alkyl halides is 1. The van der Waals surface area contributed by atoms with Gasteiger partial charge < -0.3 is 28.1 Å². The van der Waals surface area contributed by atoms with E-state index in [4.69, 9.17) is 28.1 Å². The summed E-state index contributed by atoms with van der Waals surface area (Å²) >= 11 is 3.35. The maximum absolute atomic E-state index is 14.5. The number of esters is 4. The standard InChI is InChI=1S/C35H39BrO11/c1-29(2)24(44-28(41)35-14-12-33(8,26(39)47-35)31(35,5)6)23(43-27(40)34-13-11-32(7,25(38)46-34)30(34,3)4)21-20(45-29)10-9-18-19(37)15-17(16-36)42-22(18)21/h9-10,15,23-24H,11-14,16H2,1-8H3/t23-,24-,32+,33+,34-,35-/m1/s1. The molecule has 3 aliphatic heterocycles. The molecular weight excluding hydrogens is 676 g/mol. The van der Waals surface area contributed by atoms with E-state index in [-0.39, 0.29) is 45.9 Å². The Labute approximate surface area is 280 Å². The Hall–Kier alpha value is -3.41. The van der Waals surface area contributed by atoms with Crippen molar-refractivity contribution in [1.29, 1.82) is 0 Å². The summed E-state index contributed by atoms with van der Waals surface area (Å²) in [7, 11) is 0. The van der Waals surface area contributed by atoms with Gasteiger partial charge in [-0.05, 0) is 65.5 Å². The summed E-state index contributed by atoms with van der Waals surface area (Å²) in [6, 6.07) is 4.53. The third-order valence-corrected chi connectivity index (χ3v) is 13.5. The van der Waals surface area contributed by atoms with Crippen molar-refractivity contribution in [3.8, 4) is 5.75 Å². The number of carbonyl (C=O) groups is 4. The largest absolute Gasteiger partial charge is 0.483 e. The number of ether oxygens (including phenoxy) is 5. The highest BCUT2D eigenvalue weighted by Gasteiger charge is 2.78. The number of rotatable bonds is 5. The van der Waals surface area contributed by atoms with Crippen LogP contribution in [0, 0.1) is 21.7 Å². The number of benzene rings is 1. The second kappa shape index (κ2) is 9.39. The van der Waals surface area contributed by atoms with E-state index in [0.29, 0.717) is 18.6 Å². The van der Waals surface area contributed by atoms with Crippen LogP contribution in [0.5, 0.6) is 5.75 Å². The molecule has 2 saturated carbocycles. The lowest BCUT2D eigenvalue weighted by Crippen LogP contribution is -2.57. The maximum Gasteiger partial charge on any atom is 0.351 e. The van der Waals surface area contributed by atoms with Crippen LogP contribution < -0.4 is 10.2 Å². The van der Waals surface area contributed by atoms with Crippen molar-refractivity contribution in [3.63, 3.8) is 0 Å². The monoisotopic (exact) mass is 714 g/mol. The molecule has 0 amide bonds.